The molecule has 1 aromatic carbocycles. The van der Waals surface area contributed by atoms with Gasteiger partial charge in [-0.2, -0.15) is 0 Å². The molecule has 0 N–H and O–H groups in total. The molecule has 2 rings (SSSR count). The number of nitrogens with zero attached hydrogens (tertiary/aromatic N) is 1. The third-order valence-corrected chi connectivity index (χ3v) is 2.61. The Morgan fingerprint density at radius 3 is 1.95 bits per heavy atom. The number of amides is 1. The predicted octanol–water partition coefficient (Wildman–Crippen LogP) is 2.51. The van der Waals surface area contributed by atoms with Crippen LogP contribution in [0.3, 0.4) is 0 Å². The van der Waals surface area contributed by atoms with Crippen LogP contribution in [0, 0.1) is 0 Å². The summed E-state index contributed by atoms with van der Waals surface area (Å²) in [5.41, 5.74) is 0.923. The largest absolute Gasteiger partial charge is 0.465 e. The first-order valence-electron chi connectivity index (χ1n) is 5.75. The van der Waals surface area contributed by atoms with Gasteiger partial charge in [-0.1, -0.05) is 12.2 Å². The quantitative estimate of drug-likeness (QED) is 0.763. The van der Waals surface area contributed by atoms with E-state index in [9.17, 15) is 9.59 Å². The van der Waals surface area contributed by atoms with Crippen LogP contribution in [0.25, 0.3) is 0 Å². The maximum atomic E-state index is 12.2. The van der Waals surface area contributed by atoms with Gasteiger partial charge in [0.1, 0.15) is 0 Å². The van der Waals surface area contributed by atoms with Crippen LogP contribution in [-0.4, -0.2) is 23.9 Å². The third kappa shape index (κ3) is 2.98. The lowest BCUT2D eigenvalue weighted by Gasteiger charge is -2.12. The molecular formula is C15H13NO3. The molecule has 1 aliphatic rings. The number of esters is 1. The number of rotatable bonds is 2. The van der Waals surface area contributed by atoms with E-state index in [4.69, 9.17) is 0 Å². The topological polar surface area (TPSA) is 46.6 Å². The number of hydrogen-bond donors (Lipinski definition) is 0. The van der Waals surface area contributed by atoms with Crippen molar-refractivity contribution in [1.29, 1.82) is 0 Å². The van der Waals surface area contributed by atoms with Gasteiger partial charge in [0.2, 0.25) is 0 Å². The summed E-state index contributed by atoms with van der Waals surface area (Å²) < 4.78 is 4.60. The second-order valence-corrected chi connectivity index (χ2v) is 3.85. The van der Waals surface area contributed by atoms with Crippen LogP contribution >= 0.6 is 0 Å². The van der Waals surface area contributed by atoms with E-state index in [-0.39, 0.29) is 5.91 Å². The second kappa shape index (κ2) is 5.82. The smallest absolute Gasteiger partial charge is 0.337 e. The van der Waals surface area contributed by atoms with E-state index in [0.29, 0.717) is 11.1 Å². The average molecular weight is 255 g/mol. The van der Waals surface area contributed by atoms with Crippen molar-refractivity contribution in [2.24, 2.45) is 0 Å². The lowest BCUT2D eigenvalue weighted by Crippen LogP contribution is -2.19. The molecule has 19 heavy (non-hydrogen) atoms. The van der Waals surface area contributed by atoms with Gasteiger partial charge in [0.25, 0.3) is 5.91 Å². The summed E-state index contributed by atoms with van der Waals surface area (Å²) in [6.45, 7) is 0. The van der Waals surface area contributed by atoms with E-state index in [1.807, 2.05) is 12.2 Å². The van der Waals surface area contributed by atoms with Gasteiger partial charge in [-0.3, -0.25) is 9.69 Å². The van der Waals surface area contributed by atoms with Gasteiger partial charge in [-0.05, 0) is 36.4 Å². The fourth-order valence-corrected chi connectivity index (χ4v) is 1.61. The van der Waals surface area contributed by atoms with E-state index in [2.05, 4.69) is 4.74 Å². The molecular weight excluding hydrogens is 242 g/mol. The van der Waals surface area contributed by atoms with Crippen LogP contribution in [0.5, 0.6) is 0 Å². The Morgan fingerprint density at radius 1 is 0.895 bits per heavy atom. The van der Waals surface area contributed by atoms with E-state index >= 15 is 0 Å². The molecule has 0 saturated heterocycles. The Hall–Kier alpha value is -2.62. The molecule has 0 unspecified atom stereocenters. The van der Waals surface area contributed by atoms with Crippen molar-refractivity contribution in [1.82, 2.24) is 4.90 Å². The van der Waals surface area contributed by atoms with Crippen LogP contribution in [0.2, 0.25) is 0 Å². The average Bonchev–Trinajstić information content (AvgIpc) is 2.75. The highest BCUT2D eigenvalue weighted by atomic mass is 16.5. The van der Waals surface area contributed by atoms with Gasteiger partial charge in [-0.25, -0.2) is 4.79 Å². The van der Waals surface area contributed by atoms with E-state index < -0.39 is 5.97 Å². The van der Waals surface area contributed by atoms with E-state index in [1.54, 1.807) is 48.8 Å². The molecule has 0 radical (unpaired) electrons. The SMILES string of the molecule is COC(=O)c1ccc(C(=O)N2C=CC=CC=C2)cc1. The molecule has 4 nitrogen and oxygen atoms in total. The Balaban J connectivity index is 2.18. The summed E-state index contributed by atoms with van der Waals surface area (Å²) in [5.74, 6) is -0.578. The maximum absolute atomic E-state index is 12.2. The lowest BCUT2D eigenvalue weighted by atomic mass is 10.1. The molecule has 1 heterocycles. The van der Waals surface area contributed by atoms with Crippen molar-refractivity contribution in [3.63, 3.8) is 0 Å². The summed E-state index contributed by atoms with van der Waals surface area (Å²) >= 11 is 0. The fraction of sp³-hybridized carbons (Fsp3) is 0.0667. The molecule has 0 aliphatic carbocycles. The van der Waals surface area contributed by atoms with Crippen molar-refractivity contribution in [2.75, 3.05) is 7.11 Å². The maximum Gasteiger partial charge on any atom is 0.337 e. The van der Waals surface area contributed by atoms with Gasteiger partial charge in [0, 0.05) is 18.0 Å². The van der Waals surface area contributed by atoms with Gasteiger partial charge in [0.05, 0.1) is 12.7 Å². The van der Waals surface area contributed by atoms with Gasteiger partial charge < -0.3 is 4.74 Å². The van der Waals surface area contributed by atoms with Crippen molar-refractivity contribution in [3.8, 4) is 0 Å². The minimum absolute atomic E-state index is 0.160. The number of benzene rings is 1. The number of methoxy groups -OCH3 is 1. The van der Waals surface area contributed by atoms with Gasteiger partial charge >= 0.3 is 5.97 Å². The van der Waals surface area contributed by atoms with Crippen LogP contribution < -0.4 is 0 Å². The zero-order valence-corrected chi connectivity index (χ0v) is 10.4. The van der Waals surface area contributed by atoms with E-state index in [0.717, 1.165) is 0 Å². The fourth-order valence-electron chi connectivity index (χ4n) is 1.61. The molecule has 1 aliphatic heterocycles. The standard InChI is InChI=1S/C15H13NO3/c1-19-15(18)13-8-6-12(7-9-13)14(17)16-10-4-2-3-5-11-16/h2-11H,1H3. The molecule has 0 atom stereocenters. The van der Waals surface area contributed by atoms with Crippen molar-refractivity contribution in [2.45, 2.75) is 0 Å². The number of ether oxygens (including phenoxy) is 1. The molecule has 0 fully saturated rings. The lowest BCUT2D eigenvalue weighted by molar-refractivity contribution is 0.0600. The molecule has 96 valence electrons. The number of carbonyl (C=O) groups excluding carboxylic acids is 2. The van der Waals surface area contributed by atoms with Crippen molar-refractivity contribution in [3.05, 3.63) is 72.1 Å². The Labute approximate surface area is 111 Å². The second-order valence-electron chi connectivity index (χ2n) is 3.85. The summed E-state index contributed by atoms with van der Waals surface area (Å²) in [5, 5.41) is 0. The Morgan fingerprint density at radius 2 is 1.42 bits per heavy atom. The predicted molar refractivity (Wildman–Crippen MR) is 71.4 cm³/mol. The van der Waals surface area contributed by atoms with Gasteiger partial charge in [-0.15, -0.1) is 0 Å². The normalized spacial score (nSPS) is 13.2. The summed E-state index contributed by atoms with van der Waals surface area (Å²) in [4.78, 5) is 25.0. The van der Waals surface area contributed by atoms with Crippen LogP contribution in [0.15, 0.2) is 61.0 Å². The highest BCUT2D eigenvalue weighted by Gasteiger charge is 2.12. The minimum atomic E-state index is -0.419. The highest BCUT2D eigenvalue weighted by Crippen LogP contribution is 2.10. The molecule has 0 saturated carbocycles. The number of allylic oxidation sites excluding steroid dienone is 4. The Kier molecular flexibility index (Phi) is 3.93. The summed E-state index contributed by atoms with van der Waals surface area (Å²) in [6, 6.07) is 6.36. The zero-order chi connectivity index (χ0) is 13.7. The van der Waals surface area contributed by atoms with E-state index in [1.165, 1.54) is 12.0 Å². The molecule has 4 heteroatoms. The zero-order valence-electron chi connectivity index (χ0n) is 10.4. The van der Waals surface area contributed by atoms with Crippen LogP contribution in [0.4, 0.5) is 0 Å². The number of hydrogen-bond acceptors (Lipinski definition) is 3. The first-order chi connectivity index (χ1) is 9.22. The molecule has 1 aromatic rings. The van der Waals surface area contributed by atoms with Crippen molar-refractivity contribution < 1.29 is 14.3 Å². The third-order valence-electron chi connectivity index (χ3n) is 2.61. The van der Waals surface area contributed by atoms with Crippen LogP contribution in [0.1, 0.15) is 20.7 Å². The molecule has 0 bridgehead atoms. The summed E-state index contributed by atoms with van der Waals surface area (Å²) in [7, 11) is 1.32. The Bertz CT molecular complexity index is 552. The first kappa shape index (κ1) is 12.8. The molecule has 1 amide bonds. The molecule has 0 aromatic heterocycles. The van der Waals surface area contributed by atoms with Gasteiger partial charge in [0.15, 0.2) is 0 Å². The van der Waals surface area contributed by atoms with Crippen LogP contribution in [-0.2, 0) is 4.74 Å². The first-order valence-corrected chi connectivity index (χ1v) is 5.75. The number of carbonyl (C=O) groups is 2. The minimum Gasteiger partial charge on any atom is -0.465 e. The highest BCUT2D eigenvalue weighted by molar-refractivity contribution is 5.97. The monoisotopic (exact) mass is 255 g/mol. The molecule has 0 spiro atoms. The van der Waals surface area contributed by atoms with Crippen molar-refractivity contribution >= 4 is 11.9 Å². The summed E-state index contributed by atoms with van der Waals surface area (Å²) in [6.07, 6.45) is 10.6.